The van der Waals surface area contributed by atoms with Crippen molar-refractivity contribution in [3.63, 3.8) is 0 Å². The summed E-state index contributed by atoms with van der Waals surface area (Å²) in [6.07, 6.45) is 3.02. The molecule has 1 aliphatic heterocycles. The maximum absolute atomic E-state index is 12.6. The SMILES string of the molecule is O=c1c2c([nH]c3ccc(N4CCOCC4)cc13)CCC2. The van der Waals surface area contributed by atoms with E-state index in [0.29, 0.717) is 0 Å². The number of hydrogen-bond acceptors (Lipinski definition) is 3. The molecule has 20 heavy (non-hydrogen) atoms. The molecule has 1 aromatic carbocycles. The molecule has 4 nitrogen and oxygen atoms in total. The molecule has 0 atom stereocenters. The third-order valence-corrected chi connectivity index (χ3v) is 4.40. The standard InChI is InChI=1S/C16H18N2O2/c19-16-12-2-1-3-14(12)17-15-5-4-11(10-13(15)16)18-6-8-20-9-7-18/h4-5,10H,1-3,6-9H2,(H,17,19). The number of rotatable bonds is 1. The fraction of sp³-hybridized carbons (Fsp3) is 0.438. The largest absolute Gasteiger partial charge is 0.378 e. The summed E-state index contributed by atoms with van der Waals surface area (Å²) in [5.41, 5.74) is 4.46. The zero-order valence-electron chi connectivity index (χ0n) is 11.4. The number of aromatic amines is 1. The topological polar surface area (TPSA) is 45.3 Å². The number of ether oxygens (including phenoxy) is 1. The van der Waals surface area contributed by atoms with Crippen LogP contribution in [0.1, 0.15) is 17.7 Å². The first-order chi connectivity index (χ1) is 9.83. The van der Waals surface area contributed by atoms with Crippen LogP contribution >= 0.6 is 0 Å². The highest BCUT2D eigenvalue weighted by atomic mass is 16.5. The van der Waals surface area contributed by atoms with Crippen LogP contribution in [0.4, 0.5) is 5.69 Å². The summed E-state index contributed by atoms with van der Waals surface area (Å²) in [5.74, 6) is 0. The number of nitrogens with zero attached hydrogens (tertiary/aromatic N) is 1. The van der Waals surface area contributed by atoms with Crippen molar-refractivity contribution in [2.24, 2.45) is 0 Å². The molecule has 2 aromatic rings. The molecule has 0 radical (unpaired) electrons. The monoisotopic (exact) mass is 270 g/mol. The Hall–Kier alpha value is -1.81. The molecule has 2 heterocycles. The summed E-state index contributed by atoms with van der Waals surface area (Å²) in [7, 11) is 0. The van der Waals surface area contributed by atoms with Crippen molar-refractivity contribution in [1.29, 1.82) is 0 Å². The van der Waals surface area contributed by atoms with Gasteiger partial charge in [-0.1, -0.05) is 0 Å². The van der Waals surface area contributed by atoms with Gasteiger partial charge < -0.3 is 14.6 Å². The Kier molecular flexibility index (Phi) is 2.77. The highest BCUT2D eigenvalue weighted by Gasteiger charge is 2.18. The Morgan fingerprint density at radius 1 is 1.15 bits per heavy atom. The Morgan fingerprint density at radius 3 is 2.85 bits per heavy atom. The number of H-pyrrole nitrogens is 1. The molecule has 104 valence electrons. The van der Waals surface area contributed by atoms with Gasteiger partial charge in [0.25, 0.3) is 0 Å². The molecule has 0 saturated carbocycles. The van der Waals surface area contributed by atoms with Gasteiger partial charge in [-0.15, -0.1) is 0 Å². The molecular weight excluding hydrogens is 252 g/mol. The first-order valence-electron chi connectivity index (χ1n) is 7.33. The molecule has 4 rings (SSSR count). The second-order valence-electron chi connectivity index (χ2n) is 5.59. The van der Waals surface area contributed by atoms with Gasteiger partial charge in [-0.05, 0) is 37.5 Å². The van der Waals surface area contributed by atoms with E-state index in [4.69, 9.17) is 4.74 Å². The Labute approximate surface area is 117 Å². The van der Waals surface area contributed by atoms with E-state index in [1.807, 2.05) is 12.1 Å². The van der Waals surface area contributed by atoms with Gasteiger partial charge in [-0.3, -0.25) is 4.79 Å². The van der Waals surface area contributed by atoms with Gasteiger partial charge in [0.15, 0.2) is 5.43 Å². The lowest BCUT2D eigenvalue weighted by molar-refractivity contribution is 0.122. The summed E-state index contributed by atoms with van der Waals surface area (Å²) in [5, 5.41) is 0.828. The van der Waals surface area contributed by atoms with Gasteiger partial charge >= 0.3 is 0 Å². The molecule has 1 fully saturated rings. The van der Waals surface area contributed by atoms with Crippen LogP contribution in [0.15, 0.2) is 23.0 Å². The maximum Gasteiger partial charge on any atom is 0.192 e. The van der Waals surface area contributed by atoms with Crippen LogP contribution in [0.5, 0.6) is 0 Å². The smallest absolute Gasteiger partial charge is 0.192 e. The number of morpholine rings is 1. The fourth-order valence-corrected chi connectivity index (χ4v) is 3.30. The van der Waals surface area contributed by atoms with E-state index in [2.05, 4.69) is 16.0 Å². The third-order valence-electron chi connectivity index (χ3n) is 4.40. The molecule has 1 saturated heterocycles. The normalized spacial score (nSPS) is 18.5. The van der Waals surface area contributed by atoms with Crippen molar-refractivity contribution in [2.75, 3.05) is 31.2 Å². The van der Waals surface area contributed by atoms with Crippen LogP contribution in [0.25, 0.3) is 10.9 Å². The first kappa shape index (κ1) is 12.0. The minimum absolute atomic E-state index is 0.223. The average Bonchev–Trinajstić information content (AvgIpc) is 2.97. The molecule has 1 aliphatic carbocycles. The molecule has 0 spiro atoms. The van der Waals surface area contributed by atoms with Crippen molar-refractivity contribution in [3.8, 4) is 0 Å². The Morgan fingerprint density at radius 2 is 2.00 bits per heavy atom. The highest BCUT2D eigenvalue weighted by Crippen LogP contribution is 2.24. The van der Waals surface area contributed by atoms with Gasteiger partial charge in [0.05, 0.1) is 13.2 Å². The second-order valence-corrected chi connectivity index (χ2v) is 5.59. The van der Waals surface area contributed by atoms with Crippen LogP contribution < -0.4 is 10.3 Å². The summed E-state index contributed by atoms with van der Waals surface area (Å²) < 4.78 is 5.38. The molecule has 2 aliphatic rings. The molecule has 1 N–H and O–H groups in total. The molecule has 0 unspecified atom stereocenters. The first-order valence-corrected chi connectivity index (χ1v) is 7.33. The summed E-state index contributed by atoms with van der Waals surface area (Å²) in [4.78, 5) is 18.3. The van der Waals surface area contributed by atoms with E-state index in [1.54, 1.807) is 0 Å². The molecule has 0 amide bonds. The zero-order valence-corrected chi connectivity index (χ0v) is 11.4. The van der Waals surface area contributed by atoms with Gasteiger partial charge in [-0.25, -0.2) is 0 Å². The minimum Gasteiger partial charge on any atom is -0.378 e. The lowest BCUT2D eigenvalue weighted by Crippen LogP contribution is -2.36. The predicted molar refractivity (Wildman–Crippen MR) is 79.6 cm³/mol. The highest BCUT2D eigenvalue weighted by molar-refractivity contribution is 5.83. The van der Waals surface area contributed by atoms with Crippen molar-refractivity contribution in [2.45, 2.75) is 19.3 Å². The summed E-state index contributed by atoms with van der Waals surface area (Å²) in [6, 6.07) is 6.18. The van der Waals surface area contributed by atoms with Gasteiger partial charge in [-0.2, -0.15) is 0 Å². The van der Waals surface area contributed by atoms with Crippen LogP contribution in [0, 0.1) is 0 Å². The molecule has 1 aromatic heterocycles. The van der Waals surface area contributed by atoms with Crippen LogP contribution in [-0.2, 0) is 17.6 Å². The number of anilines is 1. The lowest BCUT2D eigenvalue weighted by atomic mass is 10.1. The number of aryl methyl sites for hydroxylation is 1. The van der Waals surface area contributed by atoms with Crippen molar-refractivity contribution < 1.29 is 4.74 Å². The number of hydrogen-bond donors (Lipinski definition) is 1. The van der Waals surface area contributed by atoms with Gasteiger partial charge in [0.2, 0.25) is 0 Å². The maximum atomic E-state index is 12.6. The molecule has 0 bridgehead atoms. The van der Waals surface area contributed by atoms with E-state index >= 15 is 0 Å². The minimum atomic E-state index is 0.223. The zero-order chi connectivity index (χ0) is 13.5. The number of nitrogens with one attached hydrogen (secondary N) is 1. The number of benzene rings is 1. The number of pyridine rings is 1. The number of aromatic nitrogens is 1. The van der Waals surface area contributed by atoms with Crippen molar-refractivity contribution in [1.82, 2.24) is 4.98 Å². The van der Waals surface area contributed by atoms with Crippen LogP contribution in [0.2, 0.25) is 0 Å². The second kappa shape index (κ2) is 4.63. The van der Waals surface area contributed by atoms with Crippen molar-refractivity contribution >= 4 is 16.6 Å². The number of fused-ring (bicyclic) bond motifs is 2. The van der Waals surface area contributed by atoms with Gasteiger partial charge in [0, 0.05) is 40.9 Å². The third kappa shape index (κ3) is 1.83. The molecular formula is C16H18N2O2. The predicted octanol–water partition coefficient (Wildman–Crippen LogP) is 1.85. The van der Waals surface area contributed by atoms with E-state index < -0.39 is 0 Å². The van der Waals surface area contributed by atoms with Crippen LogP contribution in [0.3, 0.4) is 0 Å². The van der Waals surface area contributed by atoms with E-state index in [-0.39, 0.29) is 5.43 Å². The Bertz CT molecular complexity index is 714. The average molecular weight is 270 g/mol. The Balaban J connectivity index is 1.84. The molecule has 4 heteroatoms. The van der Waals surface area contributed by atoms with Crippen LogP contribution in [-0.4, -0.2) is 31.3 Å². The van der Waals surface area contributed by atoms with Crippen molar-refractivity contribution in [3.05, 3.63) is 39.7 Å². The summed E-state index contributed by atoms with van der Waals surface area (Å²) >= 11 is 0. The summed E-state index contributed by atoms with van der Waals surface area (Å²) in [6.45, 7) is 3.32. The van der Waals surface area contributed by atoms with E-state index in [0.717, 1.165) is 73.4 Å². The lowest BCUT2D eigenvalue weighted by Gasteiger charge is -2.29. The van der Waals surface area contributed by atoms with E-state index in [1.165, 1.54) is 0 Å². The fourth-order valence-electron chi connectivity index (χ4n) is 3.30. The van der Waals surface area contributed by atoms with Gasteiger partial charge in [0.1, 0.15) is 0 Å². The van der Waals surface area contributed by atoms with E-state index in [9.17, 15) is 4.79 Å². The quantitative estimate of drug-likeness (QED) is 0.860.